The quantitative estimate of drug-likeness (QED) is 0.668. The molecule has 0 aromatic rings. The summed E-state index contributed by atoms with van der Waals surface area (Å²) in [5.74, 6) is -0.887. The first kappa shape index (κ1) is 12.0. The summed E-state index contributed by atoms with van der Waals surface area (Å²) in [6, 6.07) is -0.595. The molecule has 1 fully saturated rings. The number of aliphatic carboxylic acids is 1. The zero-order valence-corrected chi connectivity index (χ0v) is 9.65. The normalized spacial score (nSPS) is 24.4. The van der Waals surface area contributed by atoms with Crippen molar-refractivity contribution in [3.63, 3.8) is 0 Å². The number of piperazine rings is 1. The smallest absolute Gasteiger partial charge is 0.322 e. The third-order valence-electron chi connectivity index (χ3n) is 2.67. The number of carbonyl (C=O) groups excluding carboxylic acids is 1. The van der Waals surface area contributed by atoms with Crippen molar-refractivity contribution in [1.82, 2.24) is 9.80 Å². The Hall–Kier alpha value is -1.10. The molecule has 1 rings (SSSR count). The number of amides is 1. The van der Waals surface area contributed by atoms with E-state index in [-0.39, 0.29) is 24.5 Å². The highest BCUT2D eigenvalue weighted by Gasteiger charge is 2.38. The van der Waals surface area contributed by atoms with Gasteiger partial charge in [0.2, 0.25) is 5.91 Å². The van der Waals surface area contributed by atoms with Gasteiger partial charge in [0.05, 0.1) is 6.54 Å². The molecule has 1 aliphatic heterocycles. The summed E-state index contributed by atoms with van der Waals surface area (Å²) in [5.41, 5.74) is -0.313. The van der Waals surface area contributed by atoms with Crippen molar-refractivity contribution >= 4 is 11.9 Å². The fraction of sp³-hybridized carbons (Fsp3) is 0.800. The van der Waals surface area contributed by atoms with Crippen LogP contribution in [0.15, 0.2) is 0 Å². The standard InChI is InChI=1S/C10H18N2O3/c1-10(2,3)12-5-7(9(14)15)11(4)6-8(12)13/h7H,5-6H2,1-4H3,(H,14,15). The second-order valence-corrected chi connectivity index (χ2v) is 4.94. The maximum atomic E-state index is 11.7. The molecule has 0 radical (unpaired) electrons. The molecule has 1 atom stereocenters. The van der Waals surface area contributed by atoms with E-state index < -0.39 is 12.0 Å². The number of rotatable bonds is 1. The van der Waals surface area contributed by atoms with E-state index in [0.717, 1.165) is 0 Å². The summed E-state index contributed by atoms with van der Waals surface area (Å²) in [5, 5.41) is 9.00. The topological polar surface area (TPSA) is 60.9 Å². The molecule has 1 N–H and O–H groups in total. The summed E-state index contributed by atoms with van der Waals surface area (Å²) in [6.07, 6.45) is 0. The summed E-state index contributed by atoms with van der Waals surface area (Å²) < 4.78 is 0. The highest BCUT2D eigenvalue weighted by molar-refractivity contribution is 5.83. The number of hydrogen-bond donors (Lipinski definition) is 1. The van der Waals surface area contributed by atoms with E-state index in [9.17, 15) is 9.59 Å². The number of likely N-dealkylation sites (N-methyl/N-ethyl adjacent to an activating group) is 1. The van der Waals surface area contributed by atoms with Crippen LogP contribution in [0.25, 0.3) is 0 Å². The van der Waals surface area contributed by atoms with Crippen LogP contribution in [0.4, 0.5) is 0 Å². The Morgan fingerprint density at radius 2 is 2.00 bits per heavy atom. The van der Waals surface area contributed by atoms with Crippen molar-refractivity contribution in [2.24, 2.45) is 0 Å². The molecule has 1 amide bonds. The van der Waals surface area contributed by atoms with Gasteiger partial charge in [0, 0.05) is 12.1 Å². The molecular formula is C10H18N2O3. The second kappa shape index (κ2) is 3.81. The highest BCUT2D eigenvalue weighted by atomic mass is 16.4. The second-order valence-electron chi connectivity index (χ2n) is 4.94. The van der Waals surface area contributed by atoms with Crippen LogP contribution in [0.2, 0.25) is 0 Å². The molecule has 0 spiro atoms. The van der Waals surface area contributed by atoms with Crippen molar-refractivity contribution in [1.29, 1.82) is 0 Å². The van der Waals surface area contributed by atoms with Gasteiger partial charge in [0.25, 0.3) is 0 Å². The van der Waals surface area contributed by atoms with Gasteiger partial charge in [-0.15, -0.1) is 0 Å². The fourth-order valence-corrected chi connectivity index (χ4v) is 1.74. The van der Waals surface area contributed by atoms with Gasteiger partial charge in [-0.2, -0.15) is 0 Å². The number of nitrogens with zero attached hydrogens (tertiary/aromatic N) is 2. The number of carboxylic acids is 1. The van der Waals surface area contributed by atoms with Crippen molar-refractivity contribution < 1.29 is 14.7 Å². The first-order valence-electron chi connectivity index (χ1n) is 4.97. The highest BCUT2D eigenvalue weighted by Crippen LogP contribution is 2.19. The van der Waals surface area contributed by atoms with Gasteiger partial charge in [-0.3, -0.25) is 14.5 Å². The van der Waals surface area contributed by atoms with Crippen LogP contribution in [-0.2, 0) is 9.59 Å². The maximum absolute atomic E-state index is 11.7. The van der Waals surface area contributed by atoms with Crippen LogP contribution >= 0.6 is 0 Å². The lowest BCUT2D eigenvalue weighted by atomic mass is 10.0. The van der Waals surface area contributed by atoms with Gasteiger partial charge in [0.1, 0.15) is 6.04 Å². The van der Waals surface area contributed by atoms with E-state index in [1.54, 1.807) is 16.8 Å². The molecule has 0 bridgehead atoms. The Kier molecular flexibility index (Phi) is 3.04. The van der Waals surface area contributed by atoms with E-state index >= 15 is 0 Å². The van der Waals surface area contributed by atoms with Crippen LogP contribution in [0.3, 0.4) is 0 Å². The van der Waals surface area contributed by atoms with Gasteiger partial charge >= 0.3 is 5.97 Å². The molecule has 0 aliphatic carbocycles. The number of carbonyl (C=O) groups is 2. The van der Waals surface area contributed by atoms with Crippen LogP contribution in [0.1, 0.15) is 20.8 Å². The predicted octanol–water partition coefficient (Wildman–Crippen LogP) is 0.0121. The lowest BCUT2D eigenvalue weighted by Crippen LogP contribution is -2.62. The maximum Gasteiger partial charge on any atom is 0.322 e. The van der Waals surface area contributed by atoms with E-state index in [1.165, 1.54) is 0 Å². The predicted molar refractivity (Wildman–Crippen MR) is 55.5 cm³/mol. The first-order valence-corrected chi connectivity index (χ1v) is 4.97. The van der Waals surface area contributed by atoms with Gasteiger partial charge < -0.3 is 10.0 Å². The van der Waals surface area contributed by atoms with Crippen LogP contribution in [0, 0.1) is 0 Å². The molecule has 86 valence electrons. The molecule has 1 aliphatic rings. The average molecular weight is 214 g/mol. The minimum Gasteiger partial charge on any atom is -0.480 e. The molecule has 15 heavy (non-hydrogen) atoms. The Bertz CT molecular complexity index is 283. The van der Waals surface area contributed by atoms with E-state index in [4.69, 9.17) is 5.11 Å². The van der Waals surface area contributed by atoms with Crippen molar-refractivity contribution in [3.05, 3.63) is 0 Å². The van der Waals surface area contributed by atoms with Gasteiger partial charge in [-0.05, 0) is 27.8 Å². The third-order valence-corrected chi connectivity index (χ3v) is 2.67. The largest absolute Gasteiger partial charge is 0.480 e. The lowest BCUT2D eigenvalue weighted by Gasteiger charge is -2.43. The Balaban J connectivity index is 2.85. The molecule has 0 aromatic carbocycles. The van der Waals surface area contributed by atoms with Crippen LogP contribution < -0.4 is 0 Å². The summed E-state index contributed by atoms with van der Waals surface area (Å²) in [6.45, 7) is 6.17. The molecule has 0 aromatic heterocycles. The van der Waals surface area contributed by atoms with E-state index in [1.807, 2.05) is 20.8 Å². The molecule has 5 heteroatoms. The van der Waals surface area contributed by atoms with Crippen molar-refractivity contribution in [2.75, 3.05) is 20.1 Å². The van der Waals surface area contributed by atoms with E-state index in [0.29, 0.717) is 0 Å². The van der Waals surface area contributed by atoms with Crippen LogP contribution in [0.5, 0.6) is 0 Å². The number of hydrogen-bond acceptors (Lipinski definition) is 3. The minimum absolute atomic E-state index is 0.0116. The van der Waals surface area contributed by atoms with Gasteiger partial charge in [0.15, 0.2) is 0 Å². The Labute approximate surface area is 89.7 Å². The number of carboxylic acid groups (broad SMARTS) is 1. The molecule has 0 saturated carbocycles. The molecular weight excluding hydrogens is 196 g/mol. The van der Waals surface area contributed by atoms with Gasteiger partial charge in [-0.25, -0.2) is 0 Å². The van der Waals surface area contributed by atoms with Crippen LogP contribution in [-0.4, -0.2) is 58.5 Å². The third kappa shape index (κ3) is 2.47. The Morgan fingerprint density at radius 1 is 1.47 bits per heavy atom. The minimum atomic E-state index is -0.876. The lowest BCUT2D eigenvalue weighted by molar-refractivity contribution is -0.154. The molecule has 1 heterocycles. The SMILES string of the molecule is CN1CC(=O)N(C(C)(C)C)CC1C(=O)O. The zero-order valence-electron chi connectivity index (χ0n) is 9.65. The van der Waals surface area contributed by atoms with Crippen molar-refractivity contribution in [3.8, 4) is 0 Å². The van der Waals surface area contributed by atoms with Crippen molar-refractivity contribution in [2.45, 2.75) is 32.4 Å². The Morgan fingerprint density at radius 3 is 2.40 bits per heavy atom. The average Bonchev–Trinajstić information content (AvgIpc) is 2.00. The zero-order chi connectivity index (χ0) is 11.8. The first-order chi connectivity index (χ1) is 6.73. The monoisotopic (exact) mass is 214 g/mol. The van der Waals surface area contributed by atoms with Gasteiger partial charge in [-0.1, -0.05) is 0 Å². The molecule has 5 nitrogen and oxygen atoms in total. The fourth-order valence-electron chi connectivity index (χ4n) is 1.74. The molecule has 1 unspecified atom stereocenters. The molecule has 1 saturated heterocycles. The summed E-state index contributed by atoms with van der Waals surface area (Å²) in [4.78, 5) is 25.9. The van der Waals surface area contributed by atoms with E-state index in [2.05, 4.69) is 0 Å². The summed E-state index contributed by atoms with van der Waals surface area (Å²) in [7, 11) is 1.66. The summed E-state index contributed by atoms with van der Waals surface area (Å²) >= 11 is 0.